The Balaban J connectivity index is 1.82. The van der Waals surface area contributed by atoms with Crippen LogP contribution < -0.4 is 4.90 Å². The van der Waals surface area contributed by atoms with Crippen LogP contribution in [0.25, 0.3) is 0 Å². The number of non-ortho nitro benzene ring substituents is 1. The molecule has 11 heteroatoms. The molecule has 0 aliphatic carbocycles. The van der Waals surface area contributed by atoms with Crippen LogP contribution in [-0.4, -0.2) is 50.6 Å². The van der Waals surface area contributed by atoms with Crippen molar-refractivity contribution < 1.29 is 14.6 Å². The average molecular weight is 334 g/mol. The van der Waals surface area contributed by atoms with Gasteiger partial charge >= 0.3 is 0 Å². The third kappa shape index (κ3) is 3.30. The Kier molecular flexibility index (Phi) is 4.33. The number of hydrogen-bond acceptors (Lipinski definition) is 8. The SMILES string of the molecule is O=[N+]([O-])c1ccc(N2CCOC(Cn3ccnn3)C2)c([N+](=O)[O-])c1. The molecule has 24 heavy (non-hydrogen) atoms. The first-order valence-corrected chi connectivity index (χ1v) is 7.18. The van der Waals surface area contributed by atoms with Gasteiger partial charge in [-0.25, -0.2) is 4.68 Å². The lowest BCUT2D eigenvalue weighted by atomic mass is 10.2. The number of benzene rings is 1. The molecular weight excluding hydrogens is 320 g/mol. The number of hydrogen-bond donors (Lipinski definition) is 0. The first kappa shape index (κ1) is 15.8. The number of morpholine rings is 1. The summed E-state index contributed by atoms with van der Waals surface area (Å²) in [5, 5.41) is 29.7. The van der Waals surface area contributed by atoms with Gasteiger partial charge in [-0.1, -0.05) is 5.21 Å². The maximum absolute atomic E-state index is 11.3. The molecule has 0 bridgehead atoms. The smallest absolute Gasteiger partial charge is 0.299 e. The minimum Gasteiger partial charge on any atom is -0.373 e. The van der Waals surface area contributed by atoms with E-state index in [1.807, 2.05) is 0 Å². The summed E-state index contributed by atoms with van der Waals surface area (Å²) < 4.78 is 7.28. The van der Waals surface area contributed by atoms with Crippen molar-refractivity contribution in [2.75, 3.05) is 24.6 Å². The van der Waals surface area contributed by atoms with Gasteiger partial charge in [0.2, 0.25) is 0 Å². The maximum atomic E-state index is 11.3. The standard InChI is InChI=1S/C13H14N6O5/c20-18(21)10-1-2-12(13(7-10)19(22)23)16-5-6-24-11(8-16)9-17-4-3-14-15-17/h1-4,7,11H,5-6,8-9H2. The van der Waals surface area contributed by atoms with E-state index in [2.05, 4.69) is 10.3 Å². The van der Waals surface area contributed by atoms with Crippen LogP contribution in [0.2, 0.25) is 0 Å². The molecule has 1 atom stereocenters. The number of rotatable bonds is 5. The van der Waals surface area contributed by atoms with Crippen molar-refractivity contribution in [3.8, 4) is 0 Å². The van der Waals surface area contributed by atoms with E-state index in [1.54, 1.807) is 22.0 Å². The minimum absolute atomic E-state index is 0.213. The number of aromatic nitrogens is 3. The van der Waals surface area contributed by atoms with Gasteiger partial charge in [-0.3, -0.25) is 20.2 Å². The molecule has 2 heterocycles. The van der Waals surface area contributed by atoms with E-state index < -0.39 is 9.85 Å². The first-order valence-electron chi connectivity index (χ1n) is 7.18. The lowest BCUT2D eigenvalue weighted by molar-refractivity contribution is -0.393. The summed E-state index contributed by atoms with van der Waals surface area (Å²) in [7, 11) is 0. The molecule has 2 aromatic rings. The van der Waals surface area contributed by atoms with Gasteiger partial charge in [0.25, 0.3) is 11.4 Å². The molecule has 1 aliphatic rings. The quantitative estimate of drug-likeness (QED) is 0.585. The molecule has 0 N–H and O–H groups in total. The van der Waals surface area contributed by atoms with Gasteiger partial charge in [0.05, 0.1) is 41.4 Å². The van der Waals surface area contributed by atoms with Crippen molar-refractivity contribution >= 4 is 17.1 Å². The summed E-state index contributed by atoms with van der Waals surface area (Å²) in [4.78, 5) is 22.6. The molecule has 1 aromatic carbocycles. The topological polar surface area (TPSA) is 129 Å². The van der Waals surface area contributed by atoms with E-state index in [0.29, 0.717) is 31.9 Å². The Morgan fingerprint density at radius 2 is 2.12 bits per heavy atom. The Morgan fingerprint density at radius 3 is 2.79 bits per heavy atom. The highest BCUT2D eigenvalue weighted by molar-refractivity contribution is 5.67. The molecule has 3 rings (SSSR count). The second kappa shape index (κ2) is 6.58. The molecule has 0 spiro atoms. The third-order valence-corrected chi connectivity index (χ3v) is 3.71. The van der Waals surface area contributed by atoms with E-state index in [-0.39, 0.29) is 17.5 Å². The van der Waals surface area contributed by atoms with E-state index in [0.717, 1.165) is 6.07 Å². The largest absolute Gasteiger partial charge is 0.373 e. The van der Waals surface area contributed by atoms with E-state index in [9.17, 15) is 20.2 Å². The number of nitro groups is 2. The molecule has 11 nitrogen and oxygen atoms in total. The van der Waals surface area contributed by atoms with Gasteiger partial charge in [-0.15, -0.1) is 5.10 Å². The zero-order valence-corrected chi connectivity index (χ0v) is 12.5. The summed E-state index contributed by atoms with van der Waals surface area (Å²) >= 11 is 0. The van der Waals surface area contributed by atoms with Gasteiger partial charge in [-0.05, 0) is 6.07 Å². The van der Waals surface area contributed by atoms with Crippen molar-refractivity contribution in [2.24, 2.45) is 0 Å². The van der Waals surface area contributed by atoms with Gasteiger partial charge < -0.3 is 9.64 Å². The number of anilines is 1. The third-order valence-electron chi connectivity index (χ3n) is 3.71. The summed E-state index contributed by atoms with van der Waals surface area (Å²) in [6.07, 6.45) is 3.05. The van der Waals surface area contributed by atoms with Crippen LogP contribution in [-0.2, 0) is 11.3 Å². The van der Waals surface area contributed by atoms with Gasteiger partial charge in [0, 0.05) is 25.4 Å². The number of nitro benzene ring substituents is 2. The van der Waals surface area contributed by atoms with Gasteiger partial charge in [0.15, 0.2) is 0 Å². The van der Waals surface area contributed by atoms with Crippen LogP contribution in [0.15, 0.2) is 30.6 Å². The molecular formula is C13H14N6O5. The fraction of sp³-hybridized carbons (Fsp3) is 0.385. The average Bonchev–Trinajstić information content (AvgIpc) is 3.07. The highest BCUT2D eigenvalue weighted by Gasteiger charge is 2.28. The van der Waals surface area contributed by atoms with E-state index in [4.69, 9.17) is 4.74 Å². The highest BCUT2D eigenvalue weighted by Crippen LogP contribution is 2.33. The zero-order valence-electron chi connectivity index (χ0n) is 12.5. The summed E-state index contributed by atoms with van der Waals surface area (Å²) in [5.41, 5.74) is -0.249. The molecule has 1 aromatic heterocycles. The normalized spacial score (nSPS) is 17.7. The van der Waals surface area contributed by atoms with Crippen LogP contribution in [0.1, 0.15) is 0 Å². The van der Waals surface area contributed by atoms with Crippen molar-refractivity contribution in [1.29, 1.82) is 0 Å². The van der Waals surface area contributed by atoms with Crippen molar-refractivity contribution in [3.05, 3.63) is 50.8 Å². The van der Waals surface area contributed by atoms with Crippen molar-refractivity contribution in [2.45, 2.75) is 12.6 Å². The maximum Gasteiger partial charge on any atom is 0.299 e. The Bertz CT molecular complexity index is 749. The molecule has 1 aliphatic heterocycles. The van der Waals surface area contributed by atoms with Crippen molar-refractivity contribution in [1.82, 2.24) is 15.0 Å². The molecule has 1 unspecified atom stereocenters. The molecule has 0 amide bonds. The van der Waals surface area contributed by atoms with Gasteiger partial charge in [0.1, 0.15) is 5.69 Å². The lowest BCUT2D eigenvalue weighted by Gasteiger charge is -2.34. The first-order chi connectivity index (χ1) is 11.5. The summed E-state index contributed by atoms with van der Waals surface area (Å²) in [6, 6.07) is 3.66. The zero-order chi connectivity index (χ0) is 17.1. The van der Waals surface area contributed by atoms with Crippen LogP contribution in [0, 0.1) is 20.2 Å². The fourth-order valence-corrected chi connectivity index (χ4v) is 2.63. The number of nitrogens with zero attached hydrogens (tertiary/aromatic N) is 6. The second-order valence-corrected chi connectivity index (χ2v) is 5.25. The van der Waals surface area contributed by atoms with Crippen LogP contribution >= 0.6 is 0 Å². The highest BCUT2D eigenvalue weighted by atomic mass is 16.6. The minimum atomic E-state index is -0.649. The molecule has 1 saturated heterocycles. The van der Waals surface area contributed by atoms with E-state index >= 15 is 0 Å². The number of ether oxygens (including phenoxy) is 1. The second-order valence-electron chi connectivity index (χ2n) is 5.25. The monoisotopic (exact) mass is 334 g/mol. The van der Waals surface area contributed by atoms with Gasteiger partial charge in [-0.2, -0.15) is 0 Å². The predicted molar refractivity (Wildman–Crippen MR) is 81.7 cm³/mol. The van der Waals surface area contributed by atoms with Crippen LogP contribution in [0.3, 0.4) is 0 Å². The Morgan fingerprint density at radius 1 is 1.29 bits per heavy atom. The summed E-state index contributed by atoms with van der Waals surface area (Å²) in [6.45, 7) is 1.75. The van der Waals surface area contributed by atoms with Crippen LogP contribution in [0.4, 0.5) is 17.1 Å². The summed E-state index contributed by atoms with van der Waals surface area (Å²) in [5.74, 6) is 0. The molecule has 0 radical (unpaired) electrons. The predicted octanol–water partition coefficient (Wildman–Crippen LogP) is 1.000. The van der Waals surface area contributed by atoms with E-state index in [1.165, 1.54) is 12.1 Å². The molecule has 126 valence electrons. The Labute approximate surface area is 135 Å². The Hall–Kier alpha value is -3.08. The van der Waals surface area contributed by atoms with Crippen molar-refractivity contribution in [3.63, 3.8) is 0 Å². The molecule has 0 saturated carbocycles. The van der Waals surface area contributed by atoms with Crippen LogP contribution in [0.5, 0.6) is 0 Å². The fourth-order valence-electron chi connectivity index (χ4n) is 2.63. The lowest BCUT2D eigenvalue weighted by Crippen LogP contribution is -2.44. The molecule has 1 fully saturated rings.